The van der Waals surface area contributed by atoms with Gasteiger partial charge in [-0.3, -0.25) is 0 Å². The average molecular weight is 268 g/mol. The second-order valence-corrected chi connectivity index (χ2v) is 4.14. The molecule has 7 N–H and O–H groups in total. The predicted octanol–water partition coefficient (Wildman–Crippen LogP) is -4.36. The molecule has 0 bridgehead atoms. The molecule has 1 saturated heterocycles. The van der Waals surface area contributed by atoms with Crippen LogP contribution in [0.15, 0.2) is 0 Å². The molecule has 0 aromatic rings. The Kier molecular flexibility index (Phi) is 4.61. The lowest BCUT2D eigenvalue weighted by atomic mass is 9.85. The van der Waals surface area contributed by atoms with Crippen molar-refractivity contribution in [2.75, 3.05) is 13.2 Å². The van der Waals surface area contributed by atoms with E-state index >= 15 is 0 Å². The molecule has 2 unspecified atom stereocenters. The summed E-state index contributed by atoms with van der Waals surface area (Å²) in [7, 11) is 0. The number of carbonyl (C=O) groups is 1. The van der Waals surface area contributed by atoms with Gasteiger partial charge >= 0.3 is 5.97 Å². The standard InChI is InChI=1S/C9H16O9/c10-1-3-4(12)5(13)6(14)7(18-3)9(17,2-11)8(15)16/h3-7,10-14,17H,1-2H2,(H,15,16)/t3-,4-,5+,6-,7?,9?/m1/s1. The van der Waals surface area contributed by atoms with Crippen molar-refractivity contribution in [3.05, 3.63) is 0 Å². The van der Waals surface area contributed by atoms with Crippen molar-refractivity contribution in [1.82, 2.24) is 0 Å². The largest absolute Gasteiger partial charge is 0.479 e. The zero-order chi connectivity index (χ0) is 14.1. The molecule has 0 aromatic carbocycles. The Morgan fingerprint density at radius 2 is 1.67 bits per heavy atom. The van der Waals surface area contributed by atoms with Crippen LogP contribution in [0.25, 0.3) is 0 Å². The molecule has 0 amide bonds. The number of ether oxygens (including phenoxy) is 1. The normalized spacial score (nSPS) is 40.2. The molecule has 18 heavy (non-hydrogen) atoms. The minimum absolute atomic E-state index is 0.761. The number of aliphatic hydroxyl groups is 6. The van der Waals surface area contributed by atoms with Crippen LogP contribution >= 0.6 is 0 Å². The molecular formula is C9H16O9. The lowest BCUT2D eigenvalue weighted by molar-refractivity contribution is -0.274. The van der Waals surface area contributed by atoms with Gasteiger partial charge in [-0.05, 0) is 0 Å². The SMILES string of the molecule is O=C(O)C(O)(CO)C1O[C@H](CO)[C@@H](O)[C@H](O)[C@H]1O. The van der Waals surface area contributed by atoms with Crippen molar-refractivity contribution in [3.8, 4) is 0 Å². The zero-order valence-electron chi connectivity index (χ0n) is 9.25. The van der Waals surface area contributed by atoms with E-state index in [2.05, 4.69) is 0 Å². The minimum atomic E-state index is -2.85. The quantitative estimate of drug-likeness (QED) is 0.266. The first kappa shape index (κ1) is 15.2. The summed E-state index contributed by atoms with van der Waals surface area (Å²) in [5.74, 6) is -1.87. The van der Waals surface area contributed by atoms with Crippen LogP contribution in [0.5, 0.6) is 0 Å². The first-order valence-electron chi connectivity index (χ1n) is 5.16. The smallest absolute Gasteiger partial charge is 0.341 e. The molecule has 0 spiro atoms. The van der Waals surface area contributed by atoms with Crippen LogP contribution in [0, 0.1) is 0 Å². The Balaban J connectivity index is 3.04. The van der Waals surface area contributed by atoms with Gasteiger partial charge in [-0.15, -0.1) is 0 Å². The first-order valence-corrected chi connectivity index (χ1v) is 5.16. The van der Waals surface area contributed by atoms with E-state index in [1.807, 2.05) is 0 Å². The maximum Gasteiger partial charge on any atom is 0.341 e. The molecule has 1 fully saturated rings. The highest BCUT2D eigenvalue weighted by Gasteiger charge is 2.55. The summed E-state index contributed by atoms with van der Waals surface area (Å²) in [5.41, 5.74) is -2.85. The lowest BCUT2D eigenvalue weighted by Gasteiger charge is -2.44. The van der Waals surface area contributed by atoms with E-state index in [-0.39, 0.29) is 0 Å². The van der Waals surface area contributed by atoms with E-state index in [4.69, 9.17) is 20.1 Å². The van der Waals surface area contributed by atoms with Crippen LogP contribution in [-0.4, -0.2) is 91.0 Å². The monoisotopic (exact) mass is 268 g/mol. The van der Waals surface area contributed by atoms with Crippen LogP contribution in [0.3, 0.4) is 0 Å². The molecule has 9 nitrogen and oxygen atoms in total. The number of hydrogen-bond acceptors (Lipinski definition) is 8. The van der Waals surface area contributed by atoms with Gasteiger partial charge < -0.3 is 40.5 Å². The van der Waals surface area contributed by atoms with E-state index in [1.165, 1.54) is 0 Å². The van der Waals surface area contributed by atoms with Crippen molar-refractivity contribution >= 4 is 5.97 Å². The molecule has 1 rings (SSSR count). The topological polar surface area (TPSA) is 168 Å². The number of aliphatic hydroxyl groups excluding tert-OH is 5. The third kappa shape index (κ3) is 2.34. The van der Waals surface area contributed by atoms with E-state index in [0.717, 1.165) is 0 Å². The summed E-state index contributed by atoms with van der Waals surface area (Å²) in [6.45, 7) is -2.03. The number of carboxylic acids is 1. The molecule has 0 saturated carbocycles. The highest BCUT2D eigenvalue weighted by atomic mass is 16.6. The Labute approximate surface area is 101 Å². The predicted molar refractivity (Wildman–Crippen MR) is 53.4 cm³/mol. The van der Waals surface area contributed by atoms with Gasteiger partial charge in [0.15, 0.2) is 0 Å². The first-order chi connectivity index (χ1) is 8.29. The van der Waals surface area contributed by atoms with Crippen molar-refractivity contribution in [2.24, 2.45) is 0 Å². The molecule has 1 aliphatic heterocycles. The lowest BCUT2D eigenvalue weighted by Crippen LogP contribution is -2.68. The fourth-order valence-electron chi connectivity index (χ4n) is 1.78. The highest BCUT2D eigenvalue weighted by Crippen LogP contribution is 2.28. The van der Waals surface area contributed by atoms with Crippen molar-refractivity contribution in [1.29, 1.82) is 0 Å². The molecule has 0 radical (unpaired) electrons. The highest BCUT2D eigenvalue weighted by molar-refractivity contribution is 5.78. The van der Waals surface area contributed by atoms with E-state index < -0.39 is 55.3 Å². The molecular weight excluding hydrogens is 252 g/mol. The molecule has 1 heterocycles. The fourth-order valence-corrected chi connectivity index (χ4v) is 1.78. The number of hydrogen-bond donors (Lipinski definition) is 7. The zero-order valence-corrected chi connectivity index (χ0v) is 9.25. The van der Waals surface area contributed by atoms with Gasteiger partial charge in [0, 0.05) is 0 Å². The number of aliphatic carboxylic acids is 1. The Morgan fingerprint density at radius 1 is 1.11 bits per heavy atom. The van der Waals surface area contributed by atoms with Gasteiger partial charge in [-0.2, -0.15) is 0 Å². The molecule has 0 aliphatic carbocycles. The summed E-state index contributed by atoms with van der Waals surface area (Å²) in [6, 6.07) is 0. The summed E-state index contributed by atoms with van der Waals surface area (Å²) < 4.78 is 4.85. The molecule has 106 valence electrons. The van der Waals surface area contributed by atoms with Crippen LogP contribution in [0.2, 0.25) is 0 Å². The van der Waals surface area contributed by atoms with Gasteiger partial charge in [0.05, 0.1) is 13.2 Å². The second kappa shape index (κ2) is 5.45. The maximum absolute atomic E-state index is 10.9. The van der Waals surface area contributed by atoms with E-state index in [0.29, 0.717) is 0 Å². The summed E-state index contributed by atoms with van der Waals surface area (Å²) >= 11 is 0. The number of carboxylic acid groups (broad SMARTS) is 1. The molecule has 6 atom stereocenters. The van der Waals surface area contributed by atoms with Gasteiger partial charge in [0.25, 0.3) is 0 Å². The van der Waals surface area contributed by atoms with E-state index in [1.54, 1.807) is 0 Å². The van der Waals surface area contributed by atoms with Gasteiger partial charge in [-0.1, -0.05) is 0 Å². The minimum Gasteiger partial charge on any atom is -0.479 e. The Hall–Kier alpha value is -0.810. The third-order valence-corrected chi connectivity index (χ3v) is 2.97. The number of rotatable bonds is 4. The van der Waals surface area contributed by atoms with Crippen LogP contribution in [0.1, 0.15) is 0 Å². The molecule has 1 aliphatic rings. The van der Waals surface area contributed by atoms with Crippen molar-refractivity contribution < 1.29 is 45.3 Å². The Morgan fingerprint density at radius 3 is 2.06 bits per heavy atom. The fraction of sp³-hybridized carbons (Fsp3) is 0.889. The van der Waals surface area contributed by atoms with Crippen molar-refractivity contribution in [3.63, 3.8) is 0 Å². The summed E-state index contributed by atoms with van der Waals surface area (Å²) in [6.07, 6.45) is -8.67. The van der Waals surface area contributed by atoms with Gasteiger partial charge in [0.1, 0.15) is 30.5 Å². The van der Waals surface area contributed by atoms with Crippen molar-refractivity contribution in [2.45, 2.75) is 36.1 Å². The van der Waals surface area contributed by atoms with Gasteiger partial charge in [-0.25, -0.2) is 4.79 Å². The van der Waals surface area contributed by atoms with Crippen LogP contribution < -0.4 is 0 Å². The summed E-state index contributed by atoms with van der Waals surface area (Å²) in [5, 5.41) is 64.8. The van der Waals surface area contributed by atoms with Crippen LogP contribution in [0.4, 0.5) is 0 Å². The second-order valence-electron chi connectivity index (χ2n) is 4.14. The van der Waals surface area contributed by atoms with Crippen LogP contribution in [-0.2, 0) is 9.53 Å². The van der Waals surface area contributed by atoms with E-state index in [9.17, 15) is 25.2 Å². The average Bonchev–Trinajstić information content (AvgIpc) is 2.35. The Bertz CT molecular complexity index is 306. The van der Waals surface area contributed by atoms with Gasteiger partial charge in [0.2, 0.25) is 5.60 Å². The third-order valence-electron chi connectivity index (χ3n) is 2.97. The maximum atomic E-state index is 10.9. The molecule has 9 heteroatoms. The summed E-state index contributed by atoms with van der Waals surface area (Å²) in [4.78, 5) is 10.9. The molecule has 0 aromatic heterocycles.